The molecule has 2 rings (SSSR count). The van der Waals surface area contributed by atoms with Crippen LogP contribution in [0.5, 0.6) is 5.75 Å². The van der Waals surface area contributed by atoms with E-state index in [9.17, 15) is 5.11 Å². The molecule has 7 heteroatoms. The minimum Gasteiger partial charge on any atom is -0.872 e. The zero-order valence-corrected chi connectivity index (χ0v) is 13.3. The summed E-state index contributed by atoms with van der Waals surface area (Å²) < 4.78 is 0. The van der Waals surface area contributed by atoms with Crippen LogP contribution in [0.4, 0.5) is 0 Å². The molecule has 2 aromatic rings. The van der Waals surface area contributed by atoms with Gasteiger partial charge in [-0.2, -0.15) is 0 Å². The summed E-state index contributed by atoms with van der Waals surface area (Å²) >= 11 is 0. The molecule has 0 aliphatic rings. The van der Waals surface area contributed by atoms with E-state index >= 15 is 0 Å². The molecule has 0 heterocycles. The molecule has 0 fully saturated rings. The number of aliphatic imine (C=N–C) groups is 1. The topological polar surface area (TPSA) is 97.4 Å². The van der Waals surface area contributed by atoms with E-state index in [4.69, 9.17) is 11.1 Å². The van der Waals surface area contributed by atoms with E-state index in [1.165, 1.54) is 4.91 Å². The maximum atomic E-state index is 11.9. The van der Waals surface area contributed by atoms with E-state index in [1.807, 2.05) is 44.4 Å². The molecule has 0 saturated heterocycles. The number of fused-ring (bicyclic) bond motifs is 1. The van der Waals surface area contributed by atoms with Crippen molar-refractivity contribution < 1.29 is 22.2 Å². The molecular formula is C15H17CuN5O. The molecule has 0 aromatic heterocycles. The third kappa shape index (κ3) is 6.16. The molecule has 2 aromatic carbocycles. The first kappa shape index (κ1) is 20.0. The molecule has 0 unspecified atom stereocenters. The van der Waals surface area contributed by atoms with Gasteiger partial charge in [0.05, 0.1) is 6.54 Å². The Morgan fingerprint density at radius 1 is 1.18 bits per heavy atom. The van der Waals surface area contributed by atoms with Crippen molar-refractivity contribution in [3.63, 3.8) is 0 Å². The van der Waals surface area contributed by atoms with Crippen molar-refractivity contribution in [1.82, 2.24) is 4.90 Å². The van der Waals surface area contributed by atoms with Crippen molar-refractivity contribution in [2.45, 2.75) is 0 Å². The first-order valence-corrected chi connectivity index (χ1v) is 6.42. The summed E-state index contributed by atoms with van der Waals surface area (Å²) in [5.41, 5.74) is 14.2. The van der Waals surface area contributed by atoms with Crippen molar-refractivity contribution in [1.29, 1.82) is 0 Å². The van der Waals surface area contributed by atoms with Crippen LogP contribution >= 0.6 is 0 Å². The Hall–Kier alpha value is -2.04. The van der Waals surface area contributed by atoms with E-state index < -0.39 is 0 Å². The number of hydrogen-bond acceptors (Lipinski definition) is 3. The number of benzene rings is 2. The average molecular weight is 347 g/mol. The van der Waals surface area contributed by atoms with Gasteiger partial charge in [-0.25, -0.2) is 0 Å². The van der Waals surface area contributed by atoms with Crippen LogP contribution in [-0.4, -0.2) is 38.3 Å². The van der Waals surface area contributed by atoms with Crippen LogP contribution in [0.15, 0.2) is 41.4 Å². The Morgan fingerprint density at radius 2 is 1.82 bits per heavy atom. The van der Waals surface area contributed by atoms with E-state index in [0.29, 0.717) is 12.1 Å². The Labute approximate surface area is 140 Å². The minimum atomic E-state index is 0. The quantitative estimate of drug-likeness (QED) is 0.279. The van der Waals surface area contributed by atoms with Crippen LogP contribution in [-0.2, 0) is 17.1 Å². The van der Waals surface area contributed by atoms with Gasteiger partial charge in [0.1, 0.15) is 0 Å². The van der Waals surface area contributed by atoms with Crippen LogP contribution in [0.1, 0.15) is 5.56 Å². The number of rotatable bonds is 4. The number of likely N-dealkylation sites (N-methyl/N-ethyl adjacent to an activating group) is 1. The van der Waals surface area contributed by atoms with Gasteiger partial charge in [0, 0.05) is 12.8 Å². The second-order valence-electron chi connectivity index (χ2n) is 4.63. The van der Waals surface area contributed by atoms with Gasteiger partial charge in [-0.15, -0.1) is 0 Å². The maximum Gasteiger partial charge on any atom is 2.00 e. The molecule has 0 N–H and O–H groups in total. The summed E-state index contributed by atoms with van der Waals surface area (Å²) in [4.78, 5) is 7.89. The number of nitrogens with zero attached hydrogens (tertiary/aromatic N) is 5. The molecule has 0 aliphatic heterocycles. The van der Waals surface area contributed by atoms with Crippen molar-refractivity contribution >= 4 is 17.0 Å². The summed E-state index contributed by atoms with van der Waals surface area (Å²) in [6.07, 6.45) is 1.70. The molecule has 22 heavy (non-hydrogen) atoms. The van der Waals surface area contributed by atoms with Crippen molar-refractivity contribution in [3.8, 4) is 5.75 Å². The first-order valence-electron chi connectivity index (χ1n) is 6.42. The molecular weight excluding hydrogens is 330 g/mol. The van der Waals surface area contributed by atoms with E-state index in [1.54, 1.807) is 12.3 Å². The van der Waals surface area contributed by atoms with Gasteiger partial charge in [-0.1, -0.05) is 42.1 Å². The summed E-state index contributed by atoms with van der Waals surface area (Å²) in [5, 5.41) is 13.9. The van der Waals surface area contributed by atoms with E-state index in [2.05, 4.69) is 9.89 Å². The summed E-state index contributed by atoms with van der Waals surface area (Å²) in [5.74, 6) is 0.0299. The molecule has 0 saturated carbocycles. The van der Waals surface area contributed by atoms with Gasteiger partial charge in [0.25, 0.3) is 0 Å². The normalized spacial score (nSPS) is 9.95. The molecule has 1 radical (unpaired) electrons. The van der Waals surface area contributed by atoms with Gasteiger partial charge in [-0.3, -0.25) is 9.90 Å². The fraction of sp³-hybridized carbons (Fsp3) is 0.267. The summed E-state index contributed by atoms with van der Waals surface area (Å²) in [6, 6.07) is 11.3. The molecule has 6 nitrogen and oxygen atoms in total. The third-order valence-electron chi connectivity index (χ3n) is 2.83. The second-order valence-corrected chi connectivity index (χ2v) is 4.63. The minimum absolute atomic E-state index is 0. The molecule has 0 aliphatic carbocycles. The first-order chi connectivity index (χ1) is 10.1. The van der Waals surface area contributed by atoms with Crippen molar-refractivity contribution in [2.24, 2.45) is 4.99 Å². The monoisotopic (exact) mass is 346 g/mol. The Balaban J connectivity index is 0.00000102. The van der Waals surface area contributed by atoms with Gasteiger partial charge < -0.3 is 21.1 Å². The van der Waals surface area contributed by atoms with Crippen LogP contribution in [0.3, 0.4) is 0 Å². The number of hydrogen-bond donors (Lipinski definition) is 0. The van der Waals surface area contributed by atoms with E-state index in [-0.39, 0.29) is 22.8 Å². The predicted molar refractivity (Wildman–Crippen MR) is 84.5 cm³/mol. The zero-order chi connectivity index (χ0) is 15.7. The van der Waals surface area contributed by atoms with Crippen molar-refractivity contribution in [2.75, 3.05) is 27.2 Å². The Kier molecular flexibility index (Phi) is 9.66. The Morgan fingerprint density at radius 3 is 2.45 bits per heavy atom. The molecule has 0 spiro atoms. The van der Waals surface area contributed by atoms with Crippen LogP contribution < -0.4 is 5.11 Å². The fourth-order valence-electron chi connectivity index (χ4n) is 1.82. The van der Waals surface area contributed by atoms with Gasteiger partial charge >= 0.3 is 17.1 Å². The fourth-order valence-corrected chi connectivity index (χ4v) is 1.82. The van der Waals surface area contributed by atoms with Crippen molar-refractivity contribution in [3.05, 3.63) is 57.9 Å². The molecule has 0 bridgehead atoms. The second kappa shape index (κ2) is 10.7. The zero-order valence-electron chi connectivity index (χ0n) is 12.4. The van der Waals surface area contributed by atoms with Crippen LogP contribution in [0, 0.1) is 0 Å². The maximum absolute atomic E-state index is 11.9. The van der Waals surface area contributed by atoms with Crippen LogP contribution in [0.2, 0.25) is 0 Å². The van der Waals surface area contributed by atoms with E-state index in [0.717, 1.165) is 17.3 Å². The average Bonchev–Trinajstić information content (AvgIpc) is 2.46. The third-order valence-corrected chi connectivity index (χ3v) is 2.83. The molecule has 119 valence electrons. The molecule has 0 atom stereocenters. The summed E-state index contributed by atoms with van der Waals surface area (Å²) in [6.45, 7) is 1.59. The summed E-state index contributed by atoms with van der Waals surface area (Å²) in [7, 11) is 4.01. The molecule has 0 amide bonds. The predicted octanol–water partition coefficient (Wildman–Crippen LogP) is 2.76. The van der Waals surface area contributed by atoms with Gasteiger partial charge in [-0.05, 0) is 30.4 Å². The van der Waals surface area contributed by atoms with Crippen LogP contribution in [0.25, 0.3) is 26.7 Å². The van der Waals surface area contributed by atoms with Gasteiger partial charge in [0.2, 0.25) is 0 Å². The Bertz CT molecular complexity index is 651. The van der Waals surface area contributed by atoms with Gasteiger partial charge in [0.15, 0.2) is 0 Å². The SMILES string of the molecule is CN(C)CCN=Cc1c([O-])ccc2ccccc12.[Cu+2].[N-]=[N+]=[N-]. The standard InChI is InChI=1S/C15H18N2O.Cu.N3/c1-17(2)10-9-16-11-14-13-6-4-3-5-12(13)7-8-15(14)18;;1-3-2/h3-8,11,18H,9-10H2,1-2H3;;/q;+2;-1/p-1. The smallest absolute Gasteiger partial charge is 0.872 e. The largest absolute Gasteiger partial charge is 2.00 e.